The third kappa shape index (κ3) is 3.88. The molecular weight excluding hydrogens is 318 g/mol. The lowest BCUT2D eigenvalue weighted by Crippen LogP contribution is -2.47. The van der Waals surface area contributed by atoms with Crippen LogP contribution in [-0.4, -0.2) is 62.8 Å². The molecule has 8 heteroatoms. The molecule has 7 nitrogen and oxygen atoms in total. The number of piperidine rings is 1. The third-order valence-electron chi connectivity index (χ3n) is 4.53. The van der Waals surface area contributed by atoms with Crippen molar-refractivity contribution in [2.75, 3.05) is 32.5 Å². The van der Waals surface area contributed by atoms with Crippen molar-refractivity contribution in [2.45, 2.75) is 12.5 Å². The first-order valence-electron chi connectivity index (χ1n) is 7.70. The van der Waals surface area contributed by atoms with Crippen LogP contribution in [0.4, 0.5) is 0 Å². The van der Waals surface area contributed by atoms with Gasteiger partial charge < -0.3 is 9.64 Å². The van der Waals surface area contributed by atoms with Gasteiger partial charge in [-0.3, -0.25) is 9.78 Å². The molecule has 2 aliphatic heterocycles. The van der Waals surface area contributed by atoms with Crippen molar-refractivity contribution in [3.05, 3.63) is 30.1 Å². The summed E-state index contributed by atoms with van der Waals surface area (Å²) in [7, 11) is -3.24. The molecule has 2 fully saturated rings. The molecule has 23 heavy (non-hydrogen) atoms. The number of sulfonamides is 1. The Labute approximate surface area is 136 Å². The van der Waals surface area contributed by atoms with Crippen LogP contribution >= 0.6 is 0 Å². The van der Waals surface area contributed by atoms with Gasteiger partial charge in [0.2, 0.25) is 10.0 Å². The van der Waals surface area contributed by atoms with Crippen LogP contribution in [0.1, 0.15) is 16.9 Å². The average molecular weight is 339 g/mol. The monoisotopic (exact) mass is 339 g/mol. The molecule has 1 aromatic heterocycles. The first-order valence-corrected chi connectivity index (χ1v) is 9.60. The minimum atomic E-state index is -3.24. The molecule has 3 rings (SSSR count). The lowest BCUT2D eigenvalue weighted by molar-refractivity contribution is 0.0558. The summed E-state index contributed by atoms with van der Waals surface area (Å²) in [5, 5.41) is 0. The number of fused-ring (bicyclic) bond motifs is 1. The van der Waals surface area contributed by atoms with Crippen molar-refractivity contribution in [1.29, 1.82) is 0 Å². The highest BCUT2D eigenvalue weighted by Crippen LogP contribution is 2.34. The maximum absolute atomic E-state index is 12.5. The first-order chi connectivity index (χ1) is 10.9. The van der Waals surface area contributed by atoms with Crippen LogP contribution in [0.2, 0.25) is 0 Å². The van der Waals surface area contributed by atoms with E-state index in [0.717, 1.165) is 12.7 Å². The molecule has 0 aromatic carbocycles. The van der Waals surface area contributed by atoms with Gasteiger partial charge in [0.1, 0.15) is 5.69 Å². The largest absolute Gasteiger partial charge is 0.376 e. The molecule has 3 atom stereocenters. The number of carbonyl (C=O) groups excluding carboxylic acids is 1. The Bertz CT molecular complexity index is 665. The number of rotatable bonds is 4. The number of likely N-dealkylation sites (tertiary alicyclic amines) is 1. The lowest BCUT2D eigenvalue weighted by Gasteiger charge is -2.35. The molecule has 126 valence electrons. The molecule has 0 spiro atoms. The normalized spacial score (nSPS) is 27.7. The fraction of sp³-hybridized carbons (Fsp3) is 0.600. The topological polar surface area (TPSA) is 88.6 Å². The van der Waals surface area contributed by atoms with Crippen LogP contribution in [-0.2, 0) is 14.8 Å². The summed E-state index contributed by atoms with van der Waals surface area (Å²) in [5.41, 5.74) is 0.440. The van der Waals surface area contributed by atoms with Crippen LogP contribution in [0.5, 0.6) is 0 Å². The number of hydrogen-bond acceptors (Lipinski definition) is 5. The number of carbonyl (C=O) groups is 1. The van der Waals surface area contributed by atoms with Crippen LogP contribution in [0.3, 0.4) is 0 Å². The Morgan fingerprint density at radius 2 is 2.30 bits per heavy atom. The zero-order valence-corrected chi connectivity index (χ0v) is 13.8. The zero-order valence-electron chi connectivity index (χ0n) is 13.0. The first kappa shape index (κ1) is 16.4. The minimum absolute atomic E-state index is 0.0780. The van der Waals surface area contributed by atoms with Gasteiger partial charge in [0, 0.05) is 31.7 Å². The van der Waals surface area contributed by atoms with Gasteiger partial charge >= 0.3 is 0 Å². The van der Waals surface area contributed by atoms with Crippen molar-refractivity contribution in [2.24, 2.45) is 11.8 Å². The lowest BCUT2D eigenvalue weighted by atomic mass is 9.84. The van der Waals surface area contributed by atoms with E-state index in [1.165, 1.54) is 0 Å². The number of nitrogens with one attached hydrogen (secondary N) is 1. The Kier molecular flexibility index (Phi) is 4.65. The van der Waals surface area contributed by atoms with Crippen LogP contribution in [0, 0.1) is 11.8 Å². The molecule has 1 amide bonds. The number of amides is 1. The van der Waals surface area contributed by atoms with E-state index in [0.29, 0.717) is 31.3 Å². The minimum Gasteiger partial charge on any atom is -0.376 e. The van der Waals surface area contributed by atoms with E-state index in [1.54, 1.807) is 29.3 Å². The maximum Gasteiger partial charge on any atom is 0.272 e. The predicted octanol–water partition coefficient (Wildman–Crippen LogP) is 0.108. The zero-order chi connectivity index (χ0) is 16.4. The molecule has 1 N–H and O–H groups in total. The van der Waals surface area contributed by atoms with Gasteiger partial charge in [0.15, 0.2) is 0 Å². The predicted molar refractivity (Wildman–Crippen MR) is 84.3 cm³/mol. The molecule has 1 aromatic rings. The molecule has 2 saturated heterocycles. The van der Waals surface area contributed by atoms with E-state index < -0.39 is 10.0 Å². The summed E-state index contributed by atoms with van der Waals surface area (Å²) >= 11 is 0. The highest BCUT2D eigenvalue weighted by atomic mass is 32.2. The van der Waals surface area contributed by atoms with Crippen molar-refractivity contribution in [3.8, 4) is 0 Å². The second kappa shape index (κ2) is 6.54. The smallest absolute Gasteiger partial charge is 0.272 e. The number of hydrogen-bond donors (Lipinski definition) is 1. The van der Waals surface area contributed by atoms with E-state index in [1.807, 2.05) is 0 Å². The van der Waals surface area contributed by atoms with Crippen molar-refractivity contribution >= 4 is 15.9 Å². The maximum atomic E-state index is 12.5. The van der Waals surface area contributed by atoms with Gasteiger partial charge in [-0.15, -0.1) is 0 Å². The van der Waals surface area contributed by atoms with Gasteiger partial charge in [-0.2, -0.15) is 0 Å². The van der Waals surface area contributed by atoms with Gasteiger partial charge in [-0.05, 0) is 24.5 Å². The van der Waals surface area contributed by atoms with Crippen molar-refractivity contribution in [3.63, 3.8) is 0 Å². The number of aromatic nitrogens is 1. The molecule has 3 heterocycles. The van der Waals surface area contributed by atoms with Crippen molar-refractivity contribution in [1.82, 2.24) is 14.6 Å². The summed E-state index contributed by atoms with van der Waals surface area (Å²) in [6.45, 7) is 2.15. The molecule has 2 aliphatic rings. The summed E-state index contributed by atoms with van der Waals surface area (Å²) < 4.78 is 30.8. The van der Waals surface area contributed by atoms with Crippen molar-refractivity contribution < 1.29 is 17.9 Å². The second-order valence-electron chi connectivity index (χ2n) is 6.17. The Morgan fingerprint density at radius 3 is 3.00 bits per heavy atom. The fourth-order valence-corrected chi connectivity index (χ4v) is 3.78. The van der Waals surface area contributed by atoms with Gasteiger partial charge in [0.25, 0.3) is 5.91 Å². The quantitative estimate of drug-likeness (QED) is 0.841. The third-order valence-corrected chi connectivity index (χ3v) is 5.22. The van der Waals surface area contributed by atoms with E-state index >= 15 is 0 Å². The van der Waals surface area contributed by atoms with Gasteiger partial charge in [-0.25, -0.2) is 13.1 Å². The highest BCUT2D eigenvalue weighted by Gasteiger charge is 2.42. The number of ether oxygens (including phenoxy) is 1. The van der Waals surface area contributed by atoms with Crippen LogP contribution in [0.15, 0.2) is 24.4 Å². The Balaban J connectivity index is 1.66. The molecule has 0 bridgehead atoms. The summed E-state index contributed by atoms with van der Waals surface area (Å²) in [4.78, 5) is 18.4. The summed E-state index contributed by atoms with van der Waals surface area (Å²) in [5.74, 6) is 0.463. The summed E-state index contributed by atoms with van der Waals surface area (Å²) in [6, 6.07) is 5.29. The van der Waals surface area contributed by atoms with Crippen LogP contribution < -0.4 is 4.72 Å². The molecule has 0 unspecified atom stereocenters. The molecule has 0 saturated carbocycles. The van der Waals surface area contributed by atoms with Gasteiger partial charge in [-0.1, -0.05) is 6.07 Å². The second-order valence-corrected chi connectivity index (χ2v) is 8.00. The molecule has 0 radical (unpaired) electrons. The highest BCUT2D eigenvalue weighted by molar-refractivity contribution is 7.88. The van der Waals surface area contributed by atoms with E-state index in [2.05, 4.69) is 9.71 Å². The Morgan fingerprint density at radius 1 is 1.48 bits per heavy atom. The van der Waals surface area contributed by atoms with E-state index in [-0.39, 0.29) is 24.5 Å². The fourth-order valence-electron chi connectivity index (χ4n) is 3.31. The average Bonchev–Trinajstić information content (AvgIpc) is 2.94. The number of nitrogens with zero attached hydrogens (tertiary/aromatic N) is 2. The number of pyridine rings is 1. The molecular formula is C15H21N3O4S. The Hall–Kier alpha value is -1.51. The van der Waals surface area contributed by atoms with Crippen LogP contribution in [0.25, 0.3) is 0 Å². The standard InChI is InChI=1S/C15H21N3O4S/c1-23(20,21)17-8-14-12-9-18(7-5-11(12)10-22-14)15(19)13-4-2-3-6-16-13/h2-4,6,11-12,14,17H,5,7-10H2,1H3/t11-,12-,14+/m0/s1. The van der Waals surface area contributed by atoms with E-state index in [4.69, 9.17) is 4.74 Å². The van der Waals surface area contributed by atoms with E-state index in [9.17, 15) is 13.2 Å². The molecule has 0 aliphatic carbocycles. The summed E-state index contributed by atoms with van der Waals surface area (Å²) in [6.07, 6.45) is 3.43. The SMILES string of the molecule is CS(=O)(=O)NC[C@H]1OC[C@@H]2CCN(C(=O)c3ccccn3)C[C@@H]21. The van der Waals surface area contributed by atoms with Gasteiger partial charge in [0.05, 0.1) is 19.0 Å².